The minimum Gasteiger partial charge on any atom is -0.457 e. The number of unbranched alkanes of at least 4 members (excludes halogenated alkanes) is 16. The highest BCUT2D eigenvalue weighted by Gasteiger charge is 2.44. The molecule has 4 N–H and O–H groups in total. The van der Waals surface area contributed by atoms with Gasteiger partial charge in [0.15, 0.2) is 6.29 Å². The fourth-order valence-corrected chi connectivity index (χ4v) is 5.08. The zero-order valence-corrected chi connectivity index (χ0v) is 26.1. The number of esters is 1. The normalized spacial score (nSPS) is 23.5. The van der Waals surface area contributed by atoms with Crippen molar-refractivity contribution in [3.05, 3.63) is 0 Å². The van der Waals surface area contributed by atoms with E-state index >= 15 is 0 Å². The molecule has 1 aliphatic rings. The molecule has 1 heterocycles. The standard InChI is InChI=1S/C32H62O9/c1-3-5-7-9-11-13-14-16-18-20-22-38-24-26(40-28(34)21-19-17-15-12-10-8-6-4-2)25-39-32-31(37)30(36)29(35)27(23-33)41-32/h26-27,29-33,35-37H,3-25H2,1-2H3. The number of ether oxygens (including phenoxy) is 4. The zero-order valence-electron chi connectivity index (χ0n) is 26.1. The van der Waals surface area contributed by atoms with Gasteiger partial charge in [-0.05, 0) is 12.8 Å². The van der Waals surface area contributed by atoms with Crippen molar-refractivity contribution in [1.82, 2.24) is 0 Å². The van der Waals surface area contributed by atoms with Crippen LogP contribution < -0.4 is 0 Å². The average molecular weight is 591 g/mol. The van der Waals surface area contributed by atoms with E-state index in [0.29, 0.717) is 13.0 Å². The van der Waals surface area contributed by atoms with Crippen LogP contribution in [0.2, 0.25) is 0 Å². The summed E-state index contributed by atoms with van der Waals surface area (Å²) in [5.74, 6) is -0.319. The van der Waals surface area contributed by atoms with Crippen LogP contribution in [0.4, 0.5) is 0 Å². The molecular weight excluding hydrogens is 528 g/mol. The topological polar surface area (TPSA) is 135 Å². The summed E-state index contributed by atoms with van der Waals surface area (Å²) in [4.78, 5) is 12.5. The predicted octanol–water partition coefficient (Wildman–Crippen LogP) is 5.18. The van der Waals surface area contributed by atoms with Crippen molar-refractivity contribution in [2.75, 3.05) is 26.4 Å². The van der Waals surface area contributed by atoms with Crippen LogP contribution in [-0.4, -0.2) is 89.6 Å². The van der Waals surface area contributed by atoms with Crippen LogP contribution in [0, 0.1) is 0 Å². The number of hydrogen-bond acceptors (Lipinski definition) is 9. The van der Waals surface area contributed by atoms with Gasteiger partial charge in [0, 0.05) is 13.0 Å². The smallest absolute Gasteiger partial charge is 0.306 e. The zero-order chi connectivity index (χ0) is 30.1. The molecule has 0 aromatic rings. The van der Waals surface area contributed by atoms with Crippen molar-refractivity contribution >= 4 is 5.97 Å². The molecule has 9 heteroatoms. The van der Waals surface area contributed by atoms with Gasteiger partial charge in [-0.3, -0.25) is 4.79 Å². The van der Waals surface area contributed by atoms with Crippen LogP contribution in [0.25, 0.3) is 0 Å². The summed E-state index contributed by atoms with van der Waals surface area (Å²) in [5.41, 5.74) is 0. The minimum absolute atomic E-state index is 0.107. The maximum Gasteiger partial charge on any atom is 0.306 e. The molecule has 0 aromatic heterocycles. The highest BCUT2D eigenvalue weighted by atomic mass is 16.7. The van der Waals surface area contributed by atoms with Crippen LogP contribution in [0.5, 0.6) is 0 Å². The van der Waals surface area contributed by atoms with E-state index in [0.717, 1.165) is 32.1 Å². The van der Waals surface area contributed by atoms with E-state index in [9.17, 15) is 25.2 Å². The lowest BCUT2D eigenvalue weighted by atomic mass is 9.99. The van der Waals surface area contributed by atoms with E-state index in [-0.39, 0.29) is 19.2 Å². The number of aliphatic hydroxyl groups is 4. The fourth-order valence-electron chi connectivity index (χ4n) is 5.08. The van der Waals surface area contributed by atoms with Gasteiger partial charge >= 0.3 is 5.97 Å². The van der Waals surface area contributed by atoms with E-state index in [2.05, 4.69) is 13.8 Å². The van der Waals surface area contributed by atoms with E-state index in [1.807, 2.05) is 0 Å². The molecule has 1 aliphatic heterocycles. The van der Waals surface area contributed by atoms with Crippen molar-refractivity contribution < 1.29 is 44.2 Å². The molecule has 0 amide bonds. The number of carbonyl (C=O) groups excluding carboxylic acids is 1. The van der Waals surface area contributed by atoms with Gasteiger partial charge in [-0.1, -0.05) is 117 Å². The van der Waals surface area contributed by atoms with Crippen LogP contribution in [0.1, 0.15) is 136 Å². The Morgan fingerprint density at radius 2 is 1.20 bits per heavy atom. The van der Waals surface area contributed by atoms with Gasteiger partial charge in [-0.15, -0.1) is 0 Å². The van der Waals surface area contributed by atoms with Gasteiger partial charge in [0.2, 0.25) is 0 Å². The third kappa shape index (κ3) is 18.5. The first-order valence-electron chi connectivity index (χ1n) is 16.6. The van der Waals surface area contributed by atoms with E-state index in [4.69, 9.17) is 18.9 Å². The highest BCUT2D eigenvalue weighted by Crippen LogP contribution is 2.22. The molecule has 1 saturated heterocycles. The molecule has 1 fully saturated rings. The quantitative estimate of drug-likeness (QED) is 0.0754. The second kappa shape index (κ2) is 25.7. The van der Waals surface area contributed by atoms with E-state index in [1.54, 1.807) is 0 Å². The molecule has 0 aliphatic carbocycles. The van der Waals surface area contributed by atoms with Crippen LogP contribution in [-0.2, 0) is 23.7 Å². The Morgan fingerprint density at radius 3 is 1.73 bits per heavy atom. The van der Waals surface area contributed by atoms with E-state index < -0.39 is 43.4 Å². The van der Waals surface area contributed by atoms with Gasteiger partial charge in [-0.2, -0.15) is 0 Å². The van der Waals surface area contributed by atoms with Gasteiger partial charge in [-0.25, -0.2) is 0 Å². The molecule has 41 heavy (non-hydrogen) atoms. The lowest BCUT2D eigenvalue weighted by molar-refractivity contribution is -0.305. The Kier molecular flexibility index (Phi) is 23.9. The fraction of sp³-hybridized carbons (Fsp3) is 0.969. The molecule has 0 aromatic carbocycles. The molecular formula is C32H62O9. The first-order chi connectivity index (χ1) is 19.9. The van der Waals surface area contributed by atoms with Gasteiger partial charge in [0.1, 0.15) is 30.5 Å². The third-order valence-electron chi connectivity index (χ3n) is 7.77. The van der Waals surface area contributed by atoms with Crippen molar-refractivity contribution in [3.63, 3.8) is 0 Å². The van der Waals surface area contributed by atoms with Crippen molar-refractivity contribution in [2.24, 2.45) is 0 Å². The highest BCUT2D eigenvalue weighted by molar-refractivity contribution is 5.69. The first-order valence-corrected chi connectivity index (χ1v) is 16.6. The third-order valence-corrected chi connectivity index (χ3v) is 7.77. The maximum absolute atomic E-state index is 12.5. The Hall–Kier alpha value is -0.810. The summed E-state index contributed by atoms with van der Waals surface area (Å²) < 4.78 is 22.5. The second-order valence-electron chi connectivity index (χ2n) is 11.6. The summed E-state index contributed by atoms with van der Waals surface area (Å²) in [7, 11) is 0. The molecule has 0 spiro atoms. The number of aliphatic hydroxyl groups excluding tert-OH is 4. The molecule has 6 unspecified atom stereocenters. The number of hydrogen-bond donors (Lipinski definition) is 4. The molecule has 9 nitrogen and oxygen atoms in total. The summed E-state index contributed by atoms with van der Waals surface area (Å²) >= 11 is 0. The average Bonchev–Trinajstić information content (AvgIpc) is 2.97. The van der Waals surface area contributed by atoms with Crippen molar-refractivity contribution in [1.29, 1.82) is 0 Å². The summed E-state index contributed by atoms with van der Waals surface area (Å²) in [6, 6.07) is 0. The van der Waals surface area contributed by atoms with Crippen molar-refractivity contribution in [3.8, 4) is 0 Å². The Balaban J connectivity index is 2.39. The Morgan fingerprint density at radius 1 is 0.683 bits per heavy atom. The Labute approximate surface area is 249 Å². The van der Waals surface area contributed by atoms with Crippen LogP contribution in [0.15, 0.2) is 0 Å². The summed E-state index contributed by atoms with van der Waals surface area (Å²) in [5, 5.41) is 39.7. The van der Waals surface area contributed by atoms with Gasteiger partial charge < -0.3 is 39.4 Å². The SMILES string of the molecule is CCCCCCCCCCCCOCC(COC1OC(CO)C(O)C(O)C1O)OC(=O)CCCCCCCCCC. The lowest BCUT2D eigenvalue weighted by Crippen LogP contribution is -2.59. The Bertz CT molecular complexity index is 604. The molecule has 1 rings (SSSR count). The molecule has 0 bridgehead atoms. The number of rotatable bonds is 27. The monoisotopic (exact) mass is 590 g/mol. The molecule has 244 valence electrons. The summed E-state index contributed by atoms with van der Waals surface area (Å²) in [6.45, 7) is 4.50. The number of carbonyl (C=O) groups is 1. The minimum atomic E-state index is -1.53. The lowest BCUT2D eigenvalue weighted by Gasteiger charge is -2.39. The molecule has 0 saturated carbocycles. The van der Waals surface area contributed by atoms with E-state index in [1.165, 1.54) is 83.5 Å². The maximum atomic E-state index is 12.5. The predicted molar refractivity (Wildman–Crippen MR) is 159 cm³/mol. The van der Waals surface area contributed by atoms with Crippen LogP contribution in [0.3, 0.4) is 0 Å². The largest absolute Gasteiger partial charge is 0.457 e. The molecule has 0 radical (unpaired) electrons. The molecule has 6 atom stereocenters. The van der Waals surface area contributed by atoms with Gasteiger partial charge in [0.25, 0.3) is 0 Å². The second-order valence-corrected chi connectivity index (χ2v) is 11.6. The first kappa shape index (κ1) is 38.2. The van der Waals surface area contributed by atoms with Gasteiger partial charge in [0.05, 0.1) is 19.8 Å². The van der Waals surface area contributed by atoms with Crippen molar-refractivity contribution in [2.45, 2.75) is 173 Å². The van der Waals surface area contributed by atoms with Crippen LogP contribution >= 0.6 is 0 Å². The summed E-state index contributed by atoms with van der Waals surface area (Å²) in [6.07, 6.45) is 14.2.